The minimum absolute atomic E-state index is 0.535. The van der Waals surface area contributed by atoms with Crippen molar-refractivity contribution in [3.05, 3.63) is 30.5 Å². The number of pyridine rings is 1. The Morgan fingerprint density at radius 1 is 1.17 bits per heavy atom. The molecule has 56 valence electrons. The van der Waals surface area contributed by atoms with E-state index < -0.39 is 0 Å². The first kappa shape index (κ1) is 7.16. The van der Waals surface area contributed by atoms with E-state index >= 15 is 0 Å². The zero-order valence-electron chi connectivity index (χ0n) is 6.49. The molecule has 0 aliphatic heterocycles. The number of rotatable bonds is 0. The quantitative estimate of drug-likeness (QED) is 0.564. The molecule has 0 aliphatic rings. The Kier molecular flexibility index (Phi) is 1.50. The van der Waals surface area contributed by atoms with E-state index in [1.807, 2.05) is 24.3 Å². The van der Waals surface area contributed by atoms with Crippen molar-refractivity contribution in [1.29, 1.82) is 0 Å². The van der Waals surface area contributed by atoms with Crippen LogP contribution in [0, 0.1) is 0 Å². The van der Waals surface area contributed by atoms with Crippen molar-refractivity contribution in [2.24, 2.45) is 0 Å². The van der Waals surface area contributed by atoms with Gasteiger partial charge >= 0.3 is 0 Å². The number of benzene rings is 1. The molecule has 0 saturated carbocycles. The van der Waals surface area contributed by atoms with E-state index in [1.54, 1.807) is 6.20 Å². The minimum Gasteiger partial charge on any atom is -0.384 e. The largest absolute Gasteiger partial charge is 0.384 e. The summed E-state index contributed by atoms with van der Waals surface area (Å²) in [5, 5.41) is 2.08. The molecule has 0 saturated heterocycles. The summed E-state index contributed by atoms with van der Waals surface area (Å²) in [6.07, 6.45) is 1.72. The standard InChI is InChI=1S/C9H7BN2/c10-8-2-1-6-4-9(11)12-5-7(6)3-8/h1-5H,(H2,11,12). The van der Waals surface area contributed by atoms with Crippen molar-refractivity contribution < 1.29 is 0 Å². The van der Waals surface area contributed by atoms with Crippen LogP contribution in [0.1, 0.15) is 0 Å². The normalized spacial score (nSPS) is 10.3. The monoisotopic (exact) mass is 154 g/mol. The summed E-state index contributed by atoms with van der Waals surface area (Å²) < 4.78 is 0. The maximum absolute atomic E-state index is 5.60. The van der Waals surface area contributed by atoms with E-state index in [1.165, 1.54) is 0 Å². The van der Waals surface area contributed by atoms with E-state index in [0.29, 0.717) is 5.82 Å². The number of hydrogen-bond donors (Lipinski definition) is 1. The van der Waals surface area contributed by atoms with Gasteiger partial charge < -0.3 is 5.73 Å². The molecule has 0 spiro atoms. The lowest BCUT2D eigenvalue weighted by Crippen LogP contribution is -2.00. The van der Waals surface area contributed by atoms with Crippen LogP contribution in [0.15, 0.2) is 30.5 Å². The molecule has 1 aromatic carbocycles. The number of aromatic nitrogens is 1. The fourth-order valence-electron chi connectivity index (χ4n) is 1.18. The van der Waals surface area contributed by atoms with Gasteiger partial charge in [0.1, 0.15) is 13.7 Å². The molecule has 2 aromatic rings. The first-order valence-electron chi connectivity index (χ1n) is 3.66. The zero-order chi connectivity index (χ0) is 8.55. The molecular formula is C9H7BN2. The molecule has 1 heterocycles. The van der Waals surface area contributed by atoms with Gasteiger partial charge in [0.25, 0.3) is 0 Å². The third kappa shape index (κ3) is 1.14. The third-order valence-corrected chi connectivity index (χ3v) is 1.77. The molecular weight excluding hydrogens is 147 g/mol. The maximum atomic E-state index is 5.60. The van der Waals surface area contributed by atoms with Gasteiger partial charge in [-0.1, -0.05) is 23.7 Å². The fraction of sp³-hybridized carbons (Fsp3) is 0. The van der Waals surface area contributed by atoms with Crippen LogP contribution >= 0.6 is 0 Å². The maximum Gasteiger partial charge on any atom is 0.123 e. The Morgan fingerprint density at radius 2 is 2.00 bits per heavy atom. The van der Waals surface area contributed by atoms with Gasteiger partial charge in [-0.15, -0.1) is 0 Å². The molecule has 0 atom stereocenters. The minimum atomic E-state index is 0.535. The van der Waals surface area contributed by atoms with Crippen LogP contribution in [0.3, 0.4) is 0 Å². The molecule has 2 nitrogen and oxygen atoms in total. The van der Waals surface area contributed by atoms with Gasteiger partial charge in [-0.3, -0.25) is 0 Å². The highest BCUT2D eigenvalue weighted by molar-refractivity contribution is 6.33. The SMILES string of the molecule is [B]c1ccc2cc(N)ncc2c1. The highest BCUT2D eigenvalue weighted by atomic mass is 14.8. The topological polar surface area (TPSA) is 38.9 Å². The average molecular weight is 154 g/mol. The first-order valence-corrected chi connectivity index (χ1v) is 3.66. The second kappa shape index (κ2) is 2.52. The molecule has 0 unspecified atom stereocenters. The van der Waals surface area contributed by atoms with Gasteiger partial charge in [0.15, 0.2) is 0 Å². The molecule has 2 N–H and O–H groups in total. The summed E-state index contributed by atoms with van der Waals surface area (Å²) >= 11 is 0. The molecule has 3 heteroatoms. The summed E-state index contributed by atoms with van der Waals surface area (Å²) in [6, 6.07) is 7.49. The molecule has 12 heavy (non-hydrogen) atoms. The Balaban J connectivity index is 2.79. The van der Waals surface area contributed by atoms with Crippen molar-refractivity contribution in [3.63, 3.8) is 0 Å². The molecule has 2 rings (SSSR count). The third-order valence-electron chi connectivity index (χ3n) is 1.77. The number of hydrogen-bond acceptors (Lipinski definition) is 2. The van der Waals surface area contributed by atoms with Crippen molar-refractivity contribution in [2.45, 2.75) is 0 Å². The molecule has 2 radical (unpaired) electrons. The summed E-state index contributed by atoms with van der Waals surface area (Å²) in [5.41, 5.74) is 6.26. The zero-order valence-corrected chi connectivity index (χ0v) is 6.49. The van der Waals surface area contributed by atoms with Crippen molar-refractivity contribution >= 4 is 29.9 Å². The average Bonchev–Trinajstić information content (AvgIpc) is 2.05. The number of nitrogens with two attached hydrogens (primary N) is 1. The lowest BCUT2D eigenvalue weighted by molar-refractivity contribution is 1.37. The summed E-state index contributed by atoms with van der Waals surface area (Å²) in [7, 11) is 5.60. The van der Waals surface area contributed by atoms with Crippen LogP contribution in [0.25, 0.3) is 10.8 Å². The van der Waals surface area contributed by atoms with Gasteiger partial charge in [0.2, 0.25) is 0 Å². The van der Waals surface area contributed by atoms with E-state index in [-0.39, 0.29) is 0 Å². The van der Waals surface area contributed by atoms with Crippen LogP contribution in [0.5, 0.6) is 0 Å². The van der Waals surface area contributed by atoms with Crippen molar-refractivity contribution in [2.75, 3.05) is 5.73 Å². The highest BCUT2D eigenvalue weighted by Crippen LogP contribution is 2.12. The van der Waals surface area contributed by atoms with Gasteiger partial charge in [-0.05, 0) is 16.8 Å². The van der Waals surface area contributed by atoms with Crippen molar-refractivity contribution in [3.8, 4) is 0 Å². The van der Waals surface area contributed by atoms with E-state index in [0.717, 1.165) is 16.2 Å². The van der Waals surface area contributed by atoms with Gasteiger partial charge in [0, 0.05) is 6.20 Å². The Morgan fingerprint density at radius 3 is 2.83 bits per heavy atom. The number of anilines is 1. The smallest absolute Gasteiger partial charge is 0.123 e. The predicted molar refractivity (Wildman–Crippen MR) is 51.5 cm³/mol. The molecule has 0 fully saturated rings. The summed E-state index contributed by atoms with van der Waals surface area (Å²) in [5.74, 6) is 0.535. The highest BCUT2D eigenvalue weighted by Gasteiger charge is 1.93. The van der Waals surface area contributed by atoms with Gasteiger partial charge in [-0.2, -0.15) is 0 Å². The van der Waals surface area contributed by atoms with Crippen LogP contribution in [-0.4, -0.2) is 12.8 Å². The molecule has 1 aromatic heterocycles. The Bertz CT molecular complexity index is 385. The first-order chi connectivity index (χ1) is 5.75. The molecule has 0 amide bonds. The van der Waals surface area contributed by atoms with E-state index in [9.17, 15) is 0 Å². The van der Waals surface area contributed by atoms with Crippen LogP contribution in [-0.2, 0) is 0 Å². The summed E-state index contributed by atoms with van der Waals surface area (Å²) in [4.78, 5) is 3.97. The second-order valence-corrected chi connectivity index (χ2v) is 2.72. The lowest BCUT2D eigenvalue weighted by Gasteiger charge is -1.99. The number of nitrogens with zero attached hydrogens (tertiary/aromatic N) is 1. The number of fused-ring (bicyclic) bond motifs is 1. The second-order valence-electron chi connectivity index (χ2n) is 2.72. The molecule has 0 bridgehead atoms. The Hall–Kier alpha value is -1.51. The van der Waals surface area contributed by atoms with Crippen LogP contribution < -0.4 is 11.2 Å². The predicted octanol–water partition coefficient (Wildman–Crippen LogP) is 0.611. The van der Waals surface area contributed by atoms with Crippen molar-refractivity contribution in [1.82, 2.24) is 4.98 Å². The van der Waals surface area contributed by atoms with Crippen LogP contribution in [0.2, 0.25) is 0 Å². The van der Waals surface area contributed by atoms with Crippen LogP contribution in [0.4, 0.5) is 5.82 Å². The van der Waals surface area contributed by atoms with E-state index in [2.05, 4.69) is 4.98 Å². The Labute approximate surface area is 71.8 Å². The lowest BCUT2D eigenvalue weighted by atomic mass is 9.94. The molecule has 0 aliphatic carbocycles. The number of nitrogen functional groups attached to an aromatic ring is 1. The summed E-state index contributed by atoms with van der Waals surface area (Å²) in [6.45, 7) is 0. The van der Waals surface area contributed by atoms with E-state index in [4.69, 9.17) is 13.6 Å². The van der Waals surface area contributed by atoms with Gasteiger partial charge in [-0.25, -0.2) is 4.98 Å². The fourth-order valence-corrected chi connectivity index (χ4v) is 1.18. The van der Waals surface area contributed by atoms with Gasteiger partial charge in [0.05, 0.1) is 0 Å².